The summed E-state index contributed by atoms with van der Waals surface area (Å²) in [5.41, 5.74) is 0. The third-order valence-electron chi connectivity index (χ3n) is 9.11. The van der Waals surface area contributed by atoms with E-state index >= 15 is 0 Å². The van der Waals surface area contributed by atoms with Crippen molar-refractivity contribution in [3.8, 4) is 0 Å². The smallest absolute Gasteiger partial charge is 0.379 e. The summed E-state index contributed by atoms with van der Waals surface area (Å²) in [5.74, 6) is 0. The van der Waals surface area contributed by atoms with Crippen LogP contribution < -0.4 is 0 Å². The van der Waals surface area contributed by atoms with E-state index in [-0.39, 0.29) is 13.2 Å². The highest BCUT2D eigenvalue weighted by Gasteiger charge is 2.47. The maximum absolute atomic E-state index is 6.52. The standard InChI is InChI=1S/C33H79NO19Si5/c1-16-49-56(50-17-2,51-18-3)25-19-22-34(28-32(52-57(41-10,42-11)43-12)30-47-23-20-26-54(35-4,36-5)37-6)29-33(53-58(44-13,45-14)46-15)31-48-24-21-27-55(38-7,39-8)40-9/h32-33H,16-31H2,1-15H3. The van der Waals surface area contributed by atoms with Gasteiger partial charge in [-0.05, 0) is 46.6 Å². The van der Waals surface area contributed by atoms with Gasteiger partial charge in [0.1, 0.15) is 0 Å². The van der Waals surface area contributed by atoms with E-state index in [1.54, 1.807) is 42.7 Å². The summed E-state index contributed by atoms with van der Waals surface area (Å²) in [6, 6.07) is 1.72. The minimum Gasteiger partial charge on any atom is -0.379 e. The predicted octanol–water partition coefficient (Wildman–Crippen LogP) is 2.82. The minimum absolute atomic E-state index is 0.178. The van der Waals surface area contributed by atoms with Crippen molar-refractivity contribution in [2.45, 2.75) is 70.4 Å². The largest absolute Gasteiger partial charge is 0.679 e. The Labute approximate surface area is 354 Å². The van der Waals surface area contributed by atoms with Gasteiger partial charge in [0.15, 0.2) is 0 Å². The van der Waals surface area contributed by atoms with Gasteiger partial charge >= 0.3 is 44.5 Å². The molecule has 2 unspecified atom stereocenters. The Bertz CT molecular complexity index is 866. The van der Waals surface area contributed by atoms with E-state index in [4.69, 9.17) is 84.7 Å². The molecule has 0 N–H and O–H groups in total. The van der Waals surface area contributed by atoms with Gasteiger partial charge in [-0.3, -0.25) is 4.90 Å². The van der Waals surface area contributed by atoms with Crippen molar-refractivity contribution in [1.29, 1.82) is 0 Å². The van der Waals surface area contributed by atoms with Crippen molar-refractivity contribution >= 4 is 44.5 Å². The molecule has 0 saturated carbocycles. The van der Waals surface area contributed by atoms with Crippen LogP contribution in [0.1, 0.15) is 40.0 Å². The lowest BCUT2D eigenvalue weighted by atomic mass is 10.2. The summed E-state index contributed by atoms with van der Waals surface area (Å²) in [7, 11) is 2.83. The van der Waals surface area contributed by atoms with E-state index in [0.29, 0.717) is 90.1 Å². The molecule has 0 fully saturated rings. The van der Waals surface area contributed by atoms with Crippen molar-refractivity contribution < 1.29 is 84.7 Å². The number of hydrogen-bond acceptors (Lipinski definition) is 20. The predicted molar refractivity (Wildman–Crippen MR) is 224 cm³/mol. The zero-order valence-corrected chi connectivity index (χ0v) is 43.2. The Morgan fingerprint density at radius 2 is 0.707 bits per heavy atom. The molecule has 58 heavy (non-hydrogen) atoms. The molecule has 350 valence electrons. The fourth-order valence-corrected chi connectivity index (χ4v) is 14.8. The summed E-state index contributed by atoms with van der Waals surface area (Å²) < 4.78 is 112. The summed E-state index contributed by atoms with van der Waals surface area (Å²) in [4.78, 5) is 2.18. The third-order valence-corrected chi connectivity index (χ3v) is 22.2. The maximum atomic E-state index is 6.52. The van der Waals surface area contributed by atoms with Crippen LogP contribution in [0, 0.1) is 0 Å². The van der Waals surface area contributed by atoms with Gasteiger partial charge in [-0.2, -0.15) is 0 Å². The number of hydrogen-bond donors (Lipinski definition) is 0. The SMILES string of the molecule is CCO[Si](CCCN(CC(COCCC[Si](OC)(OC)OC)O[Si](OC)(OC)OC)CC(COCCC[Si](OC)(OC)OC)O[Si](OC)(OC)OC)(OCC)OCC. The topological polar surface area (TPSA) is 179 Å². The third kappa shape index (κ3) is 20.6. The molecule has 0 amide bonds. The van der Waals surface area contributed by atoms with Crippen LogP contribution in [0.15, 0.2) is 0 Å². The Morgan fingerprint density at radius 1 is 0.397 bits per heavy atom. The summed E-state index contributed by atoms with van der Waals surface area (Å²) in [6.07, 6.45) is 0.754. The van der Waals surface area contributed by atoms with Crippen molar-refractivity contribution in [3.63, 3.8) is 0 Å². The Kier molecular flexibility index (Phi) is 33.0. The van der Waals surface area contributed by atoms with E-state index in [1.165, 1.54) is 42.7 Å². The van der Waals surface area contributed by atoms with Crippen molar-refractivity contribution in [2.75, 3.05) is 151 Å². The average molecular weight is 934 g/mol. The normalized spacial score (nSPS) is 14.5. The molecule has 0 heterocycles. The monoisotopic (exact) mass is 933 g/mol. The van der Waals surface area contributed by atoms with E-state index in [9.17, 15) is 0 Å². The molecule has 25 heteroatoms. The van der Waals surface area contributed by atoms with Gasteiger partial charge in [-0.1, -0.05) is 0 Å². The Balaban J connectivity index is 6.66. The van der Waals surface area contributed by atoms with Crippen LogP contribution in [-0.4, -0.2) is 213 Å². The molecule has 0 aromatic rings. The fraction of sp³-hybridized carbons (Fsp3) is 1.00. The van der Waals surface area contributed by atoms with Gasteiger partial charge in [0.05, 0.1) is 25.4 Å². The lowest BCUT2D eigenvalue weighted by molar-refractivity contribution is -0.0739. The highest BCUT2D eigenvalue weighted by atomic mass is 28.4. The number of nitrogens with zero attached hydrogens (tertiary/aromatic N) is 1. The molecule has 0 aromatic carbocycles. The van der Waals surface area contributed by atoms with Gasteiger partial charge < -0.3 is 84.7 Å². The summed E-state index contributed by atoms with van der Waals surface area (Å²) >= 11 is 0. The van der Waals surface area contributed by atoms with Crippen molar-refractivity contribution in [2.24, 2.45) is 0 Å². The molecule has 0 rings (SSSR count). The first-order chi connectivity index (χ1) is 27.9. The zero-order valence-electron chi connectivity index (χ0n) is 38.2. The first-order valence-corrected chi connectivity index (χ1v) is 28.7. The molecule has 0 aliphatic heterocycles. The molecular weight excluding hydrogens is 855 g/mol. The molecular formula is C33H79NO19Si5. The van der Waals surface area contributed by atoms with Crippen LogP contribution >= 0.6 is 0 Å². The highest BCUT2D eigenvalue weighted by Crippen LogP contribution is 2.22. The lowest BCUT2D eigenvalue weighted by Crippen LogP contribution is -2.55. The second-order valence-electron chi connectivity index (χ2n) is 12.5. The molecule has 0 radical (unpaired) electrons. The molecule has 0 aliphatic carbocycles. The van der Waals surface area contributed by atoms with Gasteiger partial charge in [0.25, 0.3) is 0 Å². The van der Waals surface area contributed by atoms with Crippen LogP contribution in [0.5, 0.6) is 0 Å². The lowest BCUT2D eigenvalue weighted by Gasteiger charge is -2.36. The van der Waals surface area contributed by atoms with Crippen molar-refractivity contribution in [3.05, 3.63) is 0 Å². The van der Waals surface area contributed by atoms with Gasteiger partial charge in [-0.25, -0.2) is 0 Å². The van der Waals surface area contributed by atoms with E-state index < -0.39 is 56.7 Å². The number of rotatable bonds is 42. The highest BCUT2D eigenvalue weighted by molar-refractivity contribution is 6.61. The van der Waals surface area contributed by atoms with Crippen LogP contribution in [0.2, 0.25) is 18.1 Å². The first kappa shape index (κ1) is 58.3. The molecule has 2 atom stereocenters. The second-order valence-corrected chi connectivity index (χ2v) is 26.3. The maximum Gasteiger partial charge on any atom is 0.679 e. The van der Waals surface area contributed by atoms with Crippen LogP contribution in [0.4, 0.5) is 0 Å². The minimum atomic E-state index is -3.56. The van der Waals surface area contributed by atoms with Crippen LogP contribution in [0.25, 0.3) is 0 Å². The van der Waals surface area contributed by atoms with E-state index in [2.05, 4.69) is 4.90 Å². The molecule has 0 aromatic heterocycles. The summed E-state index contributed by atoms with van der Waals surface area (Å²) in [5, 5.41) is 0. The molecule has 0 saturated heterocycles. The van der Waals surface area contributed by atoms with E-state index in [1.807, 2.05) is 20.8 Å². The molecule has 0 aliphatic rings. The molecule has 20 nitrogen and oxygen atoms in total. The first-order valence-electron chi connectivity index (χ1n) is 19.6. The van der Waals surface area contributed by atoms with Crippen LogP contribution in [0.3, 0.4) is 0 Å². The zero-order chi connectivity index (χ0) is 44.0. The number of ether oxygens (including phenoxy) is 2. The Hall–Kier alpha value is 0.284. The molecule has 0 spiro atoms. The van der Waals surface area contributed by atoms with Crippen molar-refractivity contribution in [1.82, 2.24) is 4.90 Å². The quantitative estimate of drug-likeness (QED) is 0.0644. The van der Waals surface area contributed by atoms with Gasteiger partial charge in [0.2, 0.25) is 0 Å². The van der Waals surface area contributed by atoms with Crippen LogP contribution in [-0.2, 0) is 84.7 Å². The fourth-order valence-electron chi connectivity index (χ4n) is 6.12. The van der Waals surface area contributed by atoms with Gasteiger partial charge in [-0.15, -0.1) is 0 Å². The average Bonchev–Trinajstić information content (AvgIpc) is 3.25. The van der Waals surface area contributed by atoms with E-state index in [0.717, 1.165) is 0 Å². The second kappa shape index (κ2) is 32.9. The molecule has 0 bridgehead atoms. The van der Waals surface area contributed by atoms with Gasteiger partial charge in [0, 0.05) is 150 Å². The Morgan fingerprint density at radius 3 is 0.983 bits per heavy atom. The summed E-state index contributed by atoms with van der Waals surface area (Å²) in [6.45, 7) is 9.60.